The molecule has 0 N–H and O–H groups in total. The van der Waals surface area contributed by atoms with Crippen molar-refractivity contribution in [3.8, 4) is 0 Å². The van der Waals surface area contributed by atoms with E-state index in [0.717, 1.165) is 24.8 Å². The van der Waals surface area contributed by atoms with Gasteiger partial charge in [0.1, 0.15) is 23.0 Å². The summed E-state index contributed by atoms with van der Waals surface area (Å²) in [4.78, 5) is 0.257. The smallest absolute Gasteiger partial charge is 0.195 e. The highest BCUT2D eigenvalue weighted by Crippen LogP contribution is 2.25. The zero-order valence-corrected chi connectivity index (χ0v) is 10.3. The van der Waals surface area contributed by atoms with E-state index in [4.69, 9.17) is 0 Å². The van der Waals surface area contributed by atoms with Crippen molar-refractivity contribution in [1.29, 1.82) is 0 Å². The lowest BCUT2D eigenvalue weighted by Crippen LogP contribution is -2.00. The Morgan fingerprint density at radius 3 is 2.64 bits per heavy atom. The molecule has 0 atom stereocenters. The minimum Gasteiger partial charge on any atom is -0.195 e. The zero-order chi connectivity index (χ0) is 10.2. The van der Waals surface area contributed by atoms with E-state index >= 15 is 0 Å². The molecular formula is C9H9IO3S. The van der Waals surface area contributed by atoms with Gasteiger partial charge in [0, 0.05) is 0 Å². The lowest BCUT2D eigenvalue weighted by Gasteiger charge is -2.03. The van der Waals surface area contributed by atoms with Crippen LogP contribution in [-0.4, -0.2) is 8.42 Å². The third kappa shape index (κ3) is 1.80. The molecule has 1 aliphatic carbocycles. The zero-order valence-electron chi connectivity index (χ0n) is 7.36. The van der Waals surface area contributed by atoms with Crippen molar-refractivity contribution in [3.05, 3.63) is 29.3 Å². The lowest BCUT2D eigenvalue weighted by molar-refractivity contribution is 0.536. The average Bonchev–Trinajstić information content (AvgIpc) is 2.64. The van der Waals surface area contributed by atoms with Gasteiger partial charge in [0.2, 0.25) is 0 Å². The van der Waals surface area contributed by atoms with E-state index in [1.807, 2.05) is 6.07 Å². The third-order valence-electron chi connectivity index (χ3n) is 2.44. The molecule has 0 saturated heterocycles. The first-order chi connectivity index (χ1) is 6.63. The van der Waals surface area contributed by atoms with Crippen molar-refractivity contribution < 1.29 is 10.9 Å². The molecule has 0 aromatic heterocycles. The lowest BCUT2D eigenvalue weighted by atomic mass is 10.1. The van der Waals surface area contributed by atoms with Crippen LogP contribution >= 0.6 is 23.0 Å². The quantitative estimate of drug-likeness (QED) is 0.784. The van der Waals surface area contributed by atoms with Gasteiger partial charge in [-0.2, -0.15) is 10.9 Å². The van der Waals surface area contributed by atoms with E-state index in [0.29, 0.717) is 0 Å². The molecule has 1 aromatic rings. The molecule has 1 aromatic carbocycles. The highest BCUT2D eigenvalue weighted by Gasteiger charge is 2.18. The summed E-state index contributed by atoms with van der Waals surface area (Å²) in [6, 6.07) is 5.21. The van der Waals surface area contributed by atoms with E-state index in [1.165, 1.54) is 28.6 Å². The van der Waals surface area contributed by atoms with Crippen LogP contribution in [-0.2, 0) is 25.5 Å². The summed E-state index contributed by atoms with van der Waals surface area (Å²) in [6.07, 6.45) is 3.14. The molecular weight excluding hydrogens is 315 g/mol. The van der Waals surface area contributed by atoms with Crippen LogP contribution in [0.25, 0.3) is 0 Å². The number of rotatable bonds is 2. The van der Waals surface area contributed by atoms with Crippen LogP contribution in [0.5, 0.6) is 0 Å². The van der Waals surface area contributed by atoms with E-state index in [9.17, 15) is 8.42 Å². The van der Waals surface area contributed by atoms with E-state index in [-0.39, 0.29) is 4.90 Å². The number of aryl methyl sites for hydroxylation is 2. The summed E-state index contributed by atoms with van der Waals surface area (Å²) in [5, 5.41) is 0. The summed E-state index contributed by atoms with van der Waals surface area (Å²) < 4.78 is 27.2. The molecule has 0 heterocycles. The fourth-order valence-electron chi connectivity index (χ4n) is 1.74. The molecule has 0 bridgehead atoms. The second-order valence-electron chi connectivity index (χ2n) is 3.30. The van der Waals surface area contributed by atoms with Gasteiger partial charge in [-0.15, -0.1) is 0 Å². The summed E-state index contributed by atoms with van der Waals surface area (Å²) in [5.41, 5.74) is 2.40. The van der Waals surface area contributed by atoms with Crippen molar-refractivity contribution >= 4 is 33.1 Å². The molecule has 5 heteroatoms. The van der Waals surface area contributed by atoms with Crippen LogP contribution in [0.1, 0.15) is 17.5 Å². The van der Waals surface area contributed by atoms with Gasteiger partial charge in [-0.3, -0.25) is 0 Å². The number of halogens is 1. The van der Waals surface area contributed by atoms with Gasteiger partial charge in [0.15, 0.2) is 0 Å². The summed E-state index contributed by atoms with van der Waals surface area (Å²) in [7, 11) is -3.53. The van der Waals surface area contributed by atoms with Crippen LogP contribution in [0.2, 0.25) is 0 Å². The Balaban J connectivity index is 2.48. The standard InChI is InChI=1S/C9H9IO3S/c10-13-14(11,12)9-5-4-7-2-1-3-8(7)6-9/h4-6H,1-3H2. The normalized spacial score (nSPS) is 15.5. The van der Waals surface area contributed by atoms with Gasteiger partial charge in [-0.25, -0.2) is 0 Å². The molecule has 1 aliphatic rings. The van der Waals surface area contributed by atoms with Gasteiger partial charge in [-0.05, 0) is 42.5 Å². The van der Waals surface area contributed by atoms with Crippen LogP contribution in [0.4, 0.5) is 0 Å². The number of hydrogen-bond donors (Lipinski definition) is 0. The van der Waals surface area contributed by atoms with Crippen molar-refractivity contribution in [2.75, 3.05) is 0 Å². The Morgan fingerprint density at radius 1 is 1.21 bits per heavy atom. The predicted molar refractivity (Wildman–Crippen MR) is 60.8 cm³/mol. The molecule has 0 radical (unpaired) electrons. The first-order valence-electron chi connectivity index (χ1n) is 4.30. The van der Waals surface area contributed by atoms with E-state index in [2.05, 4.69) is 2.51 Å². The number of hydrogen-bond acceptors (Lipinski definition) is 3. The van der Waals surface area contributed by atoms with Gasteiger partial charge in [0.25, 0.3) is 0 Å². The Kier molecular flexibility index (Phi) is 2.81. The number of benzene rings is 1. The topological polar surface area (TPSA) is 43.4 Å². The fraction of sp³-hybridized carbons (Fsp3) is 0.333. The molecule has 76 valence electrons. The second-order valence-corrected chi connectivity index (χ2v) is 5.89. The minimum atomic E-state index is -3.53. The molecule has 0 aliphatic heterocycles. The summed E-state index contributed by atoms with van der Waals surface area (Å²) >= 11 is 1.39. The maximum atomic E-state index is 11.4. The van der Waals surface area contributed by atoms with Gasteiger partial charge in [0.05, 0.1) is 4.90 Å². The van der Waals surface area contributed by atoms with Crippen LogP contribution in [0.15, 0.2) is 23.1 Å². The molecule has 0 amide bonds. The van der Waals surface area contributed by atoms with Crippen molar-refractivity contribution in [2.45, 2.75) is 24.2 Å². The Morgan fingerprint density at radius 2 is 1.93 bits per heavy atom. The van der Waals surface area contributed by atoms with Crippen molar-refractivity contribution in [1.82, 2.24) is 0 Å². The largest absolute Gasteiger partial charge is 0.306 e. The maximum Gasteiger partial charge on any atom is 0.306 e. The average molecular weight is 324 g/mol. The SMILES string of the molecule is O=S(=O)(OI)c1ccc2c(c1)CCC2. The molecule has 0 spiro atoms. The van der Waals surface area contributed by atoms with Crippen molar-refractivity contribution in [3.63, 3.8) is 0 Å². The highest BCUT2D eigenvalue weighted by molar-refractivity contribution is 14.1. The van der Waals surface area contributed by atoms with Crippen LogP contribution in [0.3, 0.4) is 0 Å². The molecule has 0 saturated carbocycles. The predicted octanol–water partition coefficient (Wildman–Crippen LogP) is 2.23. The first kappa shape index (κ1) is 10.4. The van der Waals surface area contributed by atoms with Gasteiger partial charge >= 0.3 is 10.1 Å². The highest BCUT2D eigenvalue weighted by atomic mass is 127. The monoisotopic (exact) mass is 324 g/mol. The molecule has 0 fully saturated rings. The minimum absolute atomic E-state index is 0.257. The van der Waals surface area contributed by atoms with Crippen LogP contribution < -0.4 is 0 Å². The fourth-order valence-corrected chi connectivity index (χ4v) is 2.96. The Labute approximate surface area is 97.3 Å². The Hall–Kier alpha value is -0.140. The van der Waals surface area contributed by atoms with E-state index < -0.39 is 10.1 Å². The van der Waals surface area contributed by atoms with E-state index in [1.54, 1.807) is 12.1 Å². The third-order valence-corrected chi connectivity index (χ3v) is 4.86. The maximum absolute atomic E-state index is 11.4. The van der Waals surface area contributed by atoms with Crippen LogP contribution in [0, 0.1) is 0 Å². The van der Waals surface area contributed by atoms with Gasteiger partial charge < -0.3 is 0 Å². The number of fused-ring (bicyclic) bond motifs is 1. The van der Waals surface area contributed by atoms with Crippen molar-refractivity contribution in [2.24, 2.45) is 0 Å². The summed E-state index contributed by atoms with van der Waals surface area (Å²) in [5.74, 6) is 0. The molecule has 14 heavy (non-hydrogen) atoms. The second kappa shape index (κ2) is 3.79. The Bertz CT molecular complexity index is 453. The molecule has 3 nitrogen and oxygen atoms in total. The molecule has 0 unspecified atom stereocenters. The van der Waals surface area contributed by atoms with Gasteiger partial charge in [-0.1, -0.05) is 6.07 Å². The molecule has 2 rings (SSSR count). The summed E-state index contributed by atoms with van der Waals surface area (Å²) in [6.45, 7) is 0. The first-order valence-corrected chi connectivity index (χ1v) is 6.59.